The van der Waals surface area contributed by atoms with Crippen LogP contribution in [0, 0.1) is 6.92 Å². The van der Waals surface area contributed by atoms with Crippen LogP contribution in [0.5, 0.6) is 0 Å². The highest BCUT2D eigenvalue weighted by Gasteiger charge is 2.15. The van der Waals surface area contributed by atoms with Gasteiger partial charge in [0.2, 0.25) is 0 Å². The summed E-state index contributed by atoms with van der Waals surface area (Å²) < 4.78 is 12.1. The molecule has 0 aliphatic rings. The van der Waals surface area contributed by atoms with Crippen molar-refractivity contribution in [2.75, 3.05) is 0 Å². The second-order valence-electron chi connectivity index (χ2n) is 4.91. The zero-order chi connectivity index (χ0) is 14.3. The number of aromatic nitrogens is 1. The highest BCUT2D eigenvalue weighted by Crippen LogP contribution is 2.26. The number of nitrogens with zero attached hydrogens (tertiary/aromatic N) is 1. The molecular weight excluding hydrogens is 258 g/mol. The SMILES string of the molecule is CCCCn1c(=O)oc2ccc3c(C)cc(=O)oc3c21. The molecule has 0 saturated heterocycles. The van der Waals surface area contributed by atoms with Gasteiger partial charge in [0.05, 0.1) is 0 Å². The van der Waals surface area contributed by atoms with Gasteiger partial charge in [0, 0.05) is 18.0 Å². The number of unbranched alkanes of at least 4 members (excludes halogenated alkanes) is 1. The van der Waals surface area contributed by atoms with E-state index in [4.69, 9.17) is 8.83 Å². The lowest BCUT2D eigenvalue weighted by molar-refractivity contribution is 0.495. The van der Waals surface area contributed by atoms with Gasteiger partial charge in [-0.15, -0.1) is 0 Å². The Morgan fingerprint density at radius 2 is 2.00 bits per heavy atom. The number of aryl methyl sites for hydroxylation is 2. The van der Waals surface area contributed by atoms with Crippen molar-refractivity contribution in [3.8, 4) is 0 Å². The Bertz CT molecular complexity index is 898. The molecule has 2 heterocycles. The summed E-state index contributed by atoms with van der Waals surface area (Å²) in [6, 6.07) is 5.00. The average molecular weight is 273 g/mol. The number of hydrogen-bond donors (Lipinski definition) is 0. The largest absolute Gasteiger partial charge is 0.420 e. The van der Waals surface area contributed by atoms with Gasteiger partial charge in [-0.3, -0.25) is 4.57 Å². The normalized spacial score (nSPS) is 11.5. The van der Waals surface area contributed by atoms with E-state index < -0.39 is 11.4 Å². The molecule has 1 aromatic carbocycles. The summed E-state index contributed by atoms with van der Waals surface area (Å²) in [5, 5.41) is 0.822. The van der Waals surface area contributed by atoms with Gasteiger partial charge in [0.1, 0.15) is 5.52 Å². The van der Waals surface area contributed by atoms with E-state index in [2.05, 4.69) is 6.92 Å². The van der Waals surface area contributed by atoms with E-state index in [1.807, 2.05) is 13.0 Å². The molecule has 0 N–H and O–H groups in total. The summed E-state index contributed by atoms with van der Waals surface area (Å²) in [5.74, 6) is -0.412. The Hall–Kier alpha value is -2.30. The summed E-state index contributed by atoms with van der Waals surface area (Å²) in [6.07, 6.45) is 1.83. The van der Waals surface area contributed by atoms with Crippen LogP contribution in [-0.4, -0.2) is 4.57 Å². The van der Waals surface area contributed by atoms with E-state index in [1.54, 1.807) is 10.6 Å². The van der Waals surface area contributed by atoms with Gasteiger partial charge in [-0.05, 0) is 31.0 Å². The average Bonchev–Trinajstić information content (AvgIpc) is 2.72. The molecule has 0 saturated carbocycles. The summed E-state index contributed by atoms with van der Waals surface area (Å²) in [5.41, 5.74) is 1.86. The molecule has 3 rings (SSSR count). The molecule has 5 nitrogen and oxygen atoms in total. The highest BCUT2D eigenvalue weighted by molar-refractivity contribution is 6.00. The standard InChI is InChI=1S/C15H15NO4/c1-3-4-7-16-13-11(19-15(16)18)6-5-10-9(2)8-12(17)20-14(10)13/h5-6,8H,3-4,7H2,1-2H3. The van der Waals surface area contributed by atoms with Crippen LogP contribution in [-0.2, 0) is 6.54 Å². The van der Waals surface area contributed by atoms with E-state index in [1.165, 1.54) is 6.07 Å². The van der Waals surface area contributed by atoms with Gasteiger partial charge in [-0.25, -0.2) is 9.59 Å². The molecule has 0 bridgehead atoms. The van der Waals surface area contributed by atoms with E-state index >= 15 is 0 Å². The number of rotatable bonds is 3. The van der Waals surface area contributed by atoms with Crippen LogP contribution in [0.15, 0.2) is 36.6 Å². The third-order valence-corrected chi connectivity index (χ3v) is 3.48. The Morgan fingerprint density at radius 3 is 2.75 bits per heavy atom. The monoisotopic (exact) mass is 273 g/mol. The number of oxazole rings is 1. The fourth-order valence-corrected chi connectivity index (χ4v) is 2.45. The van der Waals surface area contributed by atoms with Crippen LogP contribution in [0.1, 0.15) is 25.3 Å². The minimum atomic E-state index is -0.418. The zero-order valence-electron chi connectivity index (χ0n) is 11.4. The molecule has 0 unspecified atom stereocenters. The van der Waals surface area contributed by atoms with Crippen molar-refractivity contribution in [3.63, 3.8) is 0 Å². The Balaban J connectivity index is 2.45. The maximum absolute atomic E-state index is 11.9. The van der Waals surface area contributed by atoms with Crippen LogP contribution in [0.3, 0.4) is 0 Å². The molecule has 0 aliphatic heterocycles. The van der Waals surface area contributed by atoms with E-state index in [0.717, 1.165) is 23.8 Å². The van der Waals surface area contributed by atoms with Crippen molar-refractivity contribution in [2.24, 2.45) is 0 Å². The summed E-state index contributed by atoms with van der Waals surface area (Å²) >= 11 is 0. The first-order valence-electron chi connectivity index (χ1n) is 6.68. The molecule has 0 aliphatic carbocycles. The summed E-state index contributed by atoms with van der Waals surface area (Å²) in [6.45, 7) is 4.45. The molecule has 20 heavy (non-hydrogen) atoms. The Labute approximate surface area is 114 Å². The minimum Gasteiger partial charge on any atom is -0.420 e. The molecule has 5 heteroatoms. The third-order valence-electron chi connectivity index (χ3n) is 3.48. The molecular formula is C15H15NO4. The molecule has 0 fully saturated rings. The molecule has 0 radical (unpaired) electrons. The quantitative estimate of drug-likeness (QED) is 0.688. The fraction of sp³-hybridized carbons (Fsp3) is 0.333. The molecule has 104 valence electrons. The summed E-state index contributed by atoms with van der Waals surface area (Å²) in [7, 11) is 0. The fourth-order valence-electron chi connectivity index (χ4n) is 2.45. The lowest BCUT2D eigenvalue weighted by Crippen LogP contribution is -2.14. The number of benzene rings is 1. The highest BCUT2D eigenvalue weighted by atomic mass is 16.4. The Morgan fingerprint density at radius 1 is 1.20 bits per heavy atom. The van der Waals surface area contributed by atoms with Crippen LogP contribution >= 0.6 is 0 Å². The maximum atomic E-state index is 11.9. The van der Waals surface area contributed by atoms with Crippen LogP contribution in [0.2, 0.25) is 0 Å². The van der Waals surface area contributed by atoms with Crippen molar-refractivity contribution in [1.29, 1.82) is 0 Å². The molecule has 0 atom stereocenters. The first kappa shape index (κ1) is 12.7. The third kappa shape index (κ3) is 1.86. The van der Waals surface area contributed by atoms with Gasteiger partial charge >= 0.3 is 11.4 Å². The smallest absolute Gasteiger partial charge is 0.420 e. The predicted molar refractivity (Wildman–Crippen MR) is 76.2 cm³/mol. The van der Waals surface area contributed by atoms with E-state index in [0.29, 0.717) is 23.2 Å². The van der Waals surface area contributed by atoms with E-state index in [9.17, 15) is 9.59 Å². The van der Waals surface area contributed by atoms with Gasteiger partial charge < -0.3 is 8.83 Å². The number of hydrogen-bond acceptors (Lipinski definition) is 4. The van der Waals surface area contributed by atoms with Gasteiger partial charge in [0.25, 0.3) is 0 Å². The van der Waals surface area contributed by atoms with Crippen molar-refractivity contribution in [3.05, 3.63) is 44.7 Å². The summed E-state index contributed by atoms with van der Waals surface area (Å²) in [4.78, 5) is 23.5. The van der Waals surface area contributed by atoms with Gasteiger partial charge in [-0.2, -0.15) is 0 Å². The second kappa shape index (κ2) is 4.67. The van der Waals surface area contributed by atoms with Crippen molar-refractivity contribution in [1.82, 2.24) is 4.57 Å². The predicted octanol–water partition coefficient (Wildman–Crippen LogP) is 2.81. The minimum absolute atomic E-state index is 0.412. The lowest BCUT2D eigenvalue weighted by atomic mass is 10.1. The number of fused-ring (bicyclic) bond motifs is 3. The van der Waals surface area contributed by atoms with Crippen LogP contribution in [0.4, 0.5) is 0 Å². The second-order valence-corrected chi connectivity index (χ2v) is 4.91. The van der Waals surface area contributed by atoms with Gasteiger partial charge in [-0.1, -0.05) is 13.3 Å². The van der Waals surface area contributed by atoms with Crippen LogP contribution in [0.25, 0.3) is 22.1 Å². The lowest BCUT2D eigenvalue weighted by Gasteiger charge is -2.04. The van der Waals surface area contributed by atoms with Gasteiger partial charge in [0.15, 0.2) is 11.2 Å². The Kier molecular flexibility index (Phi) is 2.97. The molecule has 3 aromatic rings. The first-order chi connectivity index (χ1) is 9.61. The zero-order valence-corrected chi connectivity index (χ0v) is 11.4. The van der Waals surface area contributed by atoms with Crippen molar-refractivity contribution in [2.45, 2.75) is 33.2 Å². The maximum Gasteiger partial charge on any atom is 0.420 e. The first-order valence-corrected chi connectivity index (χ1v) is 6.68. The van der Waals surface area contributed by atoms with Crippen LogP contribution < -0.4 is 11.4 Å². The molecule has 0 spiro atoms. The topological polar surface area (TPSA) is 65.3 Å². The molecule has 0 amide bonds. The van der Waals surface area contributed by atoms with Crippen molar-refractivity contribution < 1.29 is 8.83 Å². The molecule has 2 aromatic heterocycles. The van der Waals surface area contributed by atoms with E-state index in [-0.39, 0.29) is 0 Å². The van der Waals surface area contributed by atoms with Crippen molar-refractivity contribution >= 4 is 22.1 Å².